The van der Waals surface area contributed by atoms with Gasteiger partial charge in [0.1, 0.15) is 5.69 Å². The number of carbonyl (C=O) groups is 3. The van der Waals surface area contributed by atoms with Gasteiger partial charge < -0.3 is 14.7 Å². The van der Waals surface area contributed by atoms with Crippen LogP contribution in [0, 0.1) is 0 Å². The van der Waals surface area contributed by atoms with Crippen LogP contribution in [0.3, 0.4) is 0 Å². The first-order valence-corrected chi connectivity index (χ1v) is 11.7. The maximum Gasteiger partial charge on any atom is 0.407 e. The summed E-state index contributed by atoms with van der Waals surface area (Å²) in [6, 6.07) is 5.44. The Morgan fingerprint density at radius 2 is 2.00 bits per heavy atom. The van der Waals surface area contributed by atoms with Crippen LogP contribution >= 0.6 is 0 Å². The first-order valence-electron chi connectivity index (χ1n) is 11.7. The molecule has 9 nitrogen and oxygen atoms in total. The van der Waals surface area contributed by atoms with Gasteiger partial charge in [-0.25, -0.2) is 9.48 Å². The average Bonchev–Trinajstić information content (AvgIpc) is 3.01. The Bertz CT molecular complexity index is 1180. The van der Waals surface area contributed by atoms with Crippen molar-refractivity contribution in [1.82, 2.24) is 19.6 Å². The Morgan fingerprint density at radius 1 is 1.21 bits per heavy atom. The fraction of sp³-hybridized carbons (Fsp3) is 0.440. The highest BCUT2D eigenvalue weighted by molar-refractivity contribution is 5.87. The van der Waals surface area contributed by atoms with Crippen molar-refractivity contribution in [3.8, 4) is 11.4 Å². The topological polar surface area (TPSA) is 105 Å². The molecule has 3 aliphatic rings. The van der Waals surface area contributed by atoms with E-state index in [-0.39, 0.29) is 19.0 Å². The summed E-state index contributed by atoms with van der Waals surface area (Å²) in [6.45, 7) is 5.92. The molecule has 1 aromatic heterocycles. The minimum Gasteiger partial charge on any atom is -0.465 e. The van der Waals surface area contributed by atoms with Crippen molar-refractivity contribution in [3.63, 3.8) is 0 Å². The van der Waals surface area contributed by atoms with Gasteiger partial charge in [-0.3, -0.25) is 14.5 Å². The number of carbonyl (C=O) groups excluding carboxylic acids is 2. The van der Waals surface area contributed by atoms with Crippen molar-refractivity contribution < 1.29 is 24.2 Å². The maximum absolute atomic E-state index is 12.4. The van der Waals surface area contributed by atoms with Crippen molar-refractivity contribution in [3.05, 3.63) is 53.4 Å². The van der Waals surface area contributed by atoms with Gasteiger partial charge in [0.2, 0.25) is 5.91 Å². The van der Waals surface area contributed by atoms with Crippen molar-refractivity contribution >= 4 is 18.0 Å². The molecule has 2 aromatic rings. The zero-order chi connectivity index (χ0) is 24.0. The van der Waals surface area contributed by atoms with Crippen LogP contribution in [0.5, 0.6) is 5.75 Å². The van der Waals surface area contributed by atoms with Gasteiger partial charge in [-0.2, -0.15) is 5.10 Å². The lowest BCUT2D eigenvalue weighted by Crippen LogP contribution is -2.45. The van der Waals surface area contributed by atoms with Gasteiger partial charge in [0.25, 0.3) is 0 Å². The lowest BCUT2D eigenvalue weighted by Gasteiger charge is -2.36. The van der Waals surface area contributed by atoms with E-state index in [4.69, 9.17) is 9.84 Å². The van der Waals surface area contributed by atoms with Gasteiger partial charge in [0.05, 0.1) is 17.4 Å². The molecule has 1 N–H and O–H groups in total. The van der Waals surface area contributed by atoms with E-state index >= 15 is 0 Å². The molecule has 1 unspecified atom stereocenters. The molecule has 34 heavy (non-hydrogen) atoms. The Hall–Kier alpha value is -3.62. The van der Waals surface area contributed by atoms with Crippen LogP contribution in [0.1, 0.15) is 60.7 Å². The van der Waals surface area contributed by atoms with Gasteiger partial charge >= 0.3 is 12.1 Å². The van der Waals surface area contributed by atoms with Gasteiger partial charge in [-0.1, -0.05) is 19.1 Å². The molecular weight excluding hydrogens is 436 g/mol. The third kappa shape index (κ3) is 3.74. The van der Waals surface area contributed by atoms with Gasteiger partial charge in [-0.05, 0) is 42.5 Å². The van der Waals surface area contributed by atoms with Crippen LogP contribution in [0.15, 0.2) is 30.9 Å². The molecule has 5 rings (SSSR count). The summed E-state index contributed by atoms with van der Waals surface area (Å²) in [7, 11) is 0. The third-order valence-electron chi connectivity index (χ3n) is 7.18. The second-order valence-corrected chi connectivity index (χ2v) is 9.15. The first kappa shape index (κ1) is 22.2. The number of nitrogens with zero attached hydrogens (tertiary/aromatic N) is 4. The summed E-state index contributed by atoms with van der Waals surface area (Å²) < 4.78 is 7.42. The largest absolute Gasteiger partial charge is 0.465 e. The molecule has 1 aromatic carbocycles. The van der Waals surface area contributed by atoms with Crippen LogP contribution in [0.4, 0.5) is 4.79 Å². The summed E-state index contributed by atoms with van der Waals surface area (Å²) in [5.74, 6) is 0.325. The molecule has 0 saturated heterocycles. The van der Waals surface area contributed by atoms with Gasteiger partial charge in [-0.15, -0.1) is 0 Å². The monoisotopic (exact) mass is 464 g/mol. The standard InChI is InChI=1S/C25H28N4O5/c1-3-23(31)27-11-9-18-24-20(10-12-28(25(32)33)21(24)14-27)29(26-18)19-8-7-17(16-5-4-6-16)13-22(19)34-15(2)30/h3,7-8,13,16,21H,1,4-6,9-12,14H2,2H3,(H,32,33). The number of ether oxygens (including phenoxy) is 1. The number of hydrogen-bond acceptors (Lipinski definition) is 5. The van der Waals surface area contributed by atoms with E-state index in [1.54, 1.807) is 4.90 Å². The second-order valence-electron chi connectivity index (χ2n) is 9.15. The summed E-state index contributed by atoms with van der Waals surface area (Å²) in [4.78, 5) is 39.3. The summed E-state index contributed by atoms with van der Waals surface area (Å²) in [6.07, 6.45) is 4.69. The molecule has 3 heterocycles. The molecule has 1 atom stereocenters. The van der Waals surface area contributed by atoms with Crippen molar-refractivity contribution in [2.45, 2.75) is 51.0 Å². The Labute approximate surface area is 197 Å². The lowest BCUT2D eigenvalue weighted by atomic mass is 9.80. The van der Waals surface area contributed by atoms with E-state index < -0.39 is 18.1 Å². The minimum absolute atomic E-state index is 0.223. The van der Waals surface area contributed by atoms with Gasteiger partial charge in [0.15, 0.2) is 5.75 Å². The lowest BCUT2D eigenvalue weighted by molar-refractivity contribution is -0.132. The zero-order valence-electron chi connectivity index (χ0n) is 19.2. The van der Waals surface area contributed by atoms with E-state index in [1.807, 2.05) is 16.8 Å². The molecule has 0 bridgehead atoms. The van der Waals surface area contributed by atoms with E-state index in [0.717, 1.165) is 35.4 Å². The number of rotatable bonds is 4. The Balaban J connectivity index is 1.60. The Kier molecular flexibility index (Phi) is 5.63. The van der Waals surface area contributed by atoms with Crippen LogP contribution in [0.25, 0.3) is 5.69 Å². The Morgan fingerprint density at radius 3 is 2.65 bits per heavy atom. The van der Waals surface area contributed by atoms with Gasteiger partial charge in [0, 0.05) is 45.0 Å². The summed E-state index contributed by atoms with van der Waals surface area (Å²) >= 11 is 0. The molecule has 2 amide bonds. The van der Waals surface area contributed by atoms with E-state index in [0.29, 0.717) is 36.7 Å². The predicted octanol–water partition coefficient (Wildman–Crippen LogP) is 3.21. The zero-order valence-corrected chi connectivity index (χ0v) is 19.2. The van der Waals surface area contributed by atoms with Crippen molar-refractivity contribution in [2.24, 2.45) is 0 Å². The SMILES string of the molecule is C=CC(=O)N1CCc2nn(-c3ccc(C4CCC4)cc3OC(C)=O)c3c2C(C1)N(C(=O)O)CC3. The van der Waals surface area contributed by atoms with E-state index in [9.17, 15) is 19.5 Å². The van der Waals surface area contributed by atoms with E-state index in [2.05, 4.69) is 12.6 Å². The molecule has 1 aliphatic carbocycles. The highest BCUT2D eigenvalue weighted by Crippen LogP contribution is 2.41. The van der Waals surface area contributed by atoms with Crippen LogP contribution in [-0.4, -0.2) is 62.3 Å². The fourth-order valence-electron chi connectivity index (χ4n) is 5.29. The highest BCUT2D eigenvalue weighted by atomic mass is 16.5. The number of carboxylic acid groups (broad SMARTS) is 1. The predicted molar refractivity (Wildman–Crippen MR) is 123 cm³/mol. The maximum atomic E-state index is 12.4. The summed E-state index contributed by atoms with van der Waals surface area (Å²) in [5, 5.41) is 14.7. The van der Waals surface area contributed by atoms with Crippen LogP contribution in [-0.2, 0) is 22.4 Å². The average molecular weight is 465 g/mol. The minimum atomic E-state index is -1.02. The number of amides is 2. The second kappa shape index (κ2) is 8.62. The van der Waals surface area contributed by atoms with Crippen LogP contribution < -0.4 is 4.74 Å². The number of esters is 1. The molecule has 0 spiro atoms. The first-order chi connectivity index (χ1) is 16.4. The van der Waals surface area contributed by atoms with Crippen molar-refractivity contribution in [1.29, 1.82) is 0 Å². The third-order valence-corrected chi connectivity index (χ3v) is 7.18. The molecule has 1 saturated carbocycles. The fourth-order valence-corrected chi connectivity index (χ4v) is 5.29. The van der Waals surface area contributed by atoms with Crippen LogP contribution in [0.2, 0.25) is 0 Å². The number of hydrogen-bond donors (Lipinski definition) is 1. The molecule has 178 valence electrons. The highest BCUT2D eigenvalue weighted by Gasteiger charge is 2.40. The smallest absolute Gasteiger partial charge is 0.407 e. The molecule has 9 heteroatoms. The van der Waals surface area contributed by atoms with Crippen molar-refractivity contribution in [2.75, 3.05) is 19.6 Å². The quantitative estimate of drug-likeness (QED) is 0.423. The molecular formula is C25H28N4O5. The van der Waals surface area contributed by atoms with E-state index in [1.165, 1.54) is 24.3 Å². The summed E-state index contributed by atoms with van der Waals surface area (Å²) in [5.41, 5.74) is 4.34. The number of benzene rings is 1. The molecule has 1 fully saturated rings. The normalized spacial score (nSPS) is 19.6. The molecule has 0 radical (unpaired) electrons. The number of aromatic nitrogens is 2. The molecule has 2 aliphatic heterocycles.